The van der Waals surface area contributed by atoms with Crippen LogP contribution in [0.2, 0.25) is 5.15 Å². The largest absolute Gasteiger partial charge is 0.290 e. The predicted octanol–water partition coefficient (Wildman–Crippen LogP) is 0.221. The van der Waals surface area contributed by atoms with E-state index in [9.17, 15) is 4.79 Å². The SMILES string of the molecule is O=c1c(Br)c(Cl)ncn1Cc1nn[nH]n1. The van der Waals surface area contributed by atoms with Gasteiger partial charge < -0.3 is 0 Å². The van der Waals surface area contributed by atoms with E-state index in [0.717, 1.165) is 0 Å². The van der Waals surface area contributed by atoms with Crippen LogP contribution in [0.15, 0.2) is 15.6 Å². The predicted molar refractivity (Wildman–Crippen MR) is 54.5 cm³/mol. The van der Waals surface area contributed by atoms with Gasteiger partial charge in [0.05, 0.1) is 12.9 Å². The van der Waals surface area contributed by atoms with Crippen LogP contribution in [-0.2, 0) is 6.54 Å². The number of nitrogens with one attached hydrogen (secondary N) is 1. The summed E-state index contributed by atoms with van der Waals surface area (Å²) in [5.74, 6) is 0.396. The van der Waals surface area contributed by atoms with Crippen molar-refractivity contribution in [3.63, 3.8) is 0 Å². The number of tetrazole rings is 1. The third-order valence-electron chi connectivity index (χ3n) is 1.64. The van der Waals surface area contributed by atoms with Gasteiger partial charge >= 0.3 is 0 Å². The summed E-state index contributed by atoms with van der Waals surface area (Å²) in [5.41, 5.74) is -0.292. The minimum Gasteiger partial charge on any atom is -0.290 e. The standard InChI is InChI=1S/C6H4BrClN6O/c7-4-5(8)9-2-14(6(4)15)1-3-10-12-13-11-3/h2H,1H2,(H,10,11,12,13). The zero-order valence-corrected chi connectivity index (χ0v) is 9.53. The summed E-state index contributed by atoms with van der Waals surface area (Å²) < 4.78 is 1.54. The lowest BCUT2D eigenvalue weighted by Crippen LogP contribution is -2.22. The summed E-state index contributed by atoms with van der Waals surface area (Å²) in [4.78, 5) is 15.4. The van der Waals surface area contributed by atoms with Crippen molar-refractivity contribution >= 4 is 27.5 Å². The summed E-state index contributed by atoms with van der Waals surface area (Å²) in [7, 11) is 0. The quantitative estimate of drug-likeness (QED) is 0.800. The Bertz CT molecular complexity index is 523. The second-order valence-electron chi connectivity index (χ2n) is 2.61. The number of halogens is 2. The number of aromatic nitrogens is 6. The highest BCUT2D eigenvalue weighted by atomic mass is 79.9. The molecule has 0 aliphatic heterocycles. The molecule has 0 aromatic carbocycles. The van der Waals surface area contributed by atoms with Gasteiger partial charge in [-0.25, -0.2) is 4.98 Å². The molecule has 0 saturated carbocycles. The van der Waals surface area contributed by atoms with E-state index >= 15 is 0 Å². The average Bonchev–Trinajstić information content (AvgIpc) is 2.72. The average molecular weight is 291 g/mol. The van der Waals surface area contributed by atoms with Crippen LogP contribution in [0.4, 0.5) is 0 Å². The summed E-state index contributed by atoms with van der Waals surface area (Å²) in [6.07, 6.45) is 1.33. The minimum absolute atomic E-state index is 0.129. The molecular formula is C6H4BrClN6O. The van der Waals surface area contributed by atoms with E-state index in [1.807, 2.05) is 0 Å². The molecular weight excluding hydrogens is 287 g/mol. The smallest absolute Gasteiger partial charge is 0.269 e. The summed E-state index contributed by atoms with van der Waals surface area (Å²) >= 11 is 8.69. The Kier molecular flexibility index (Phi) is 2.78. The van der Waals surface area contributed by atoms with Crippen LogP contribution < -0.4 is 5.56 Å². The molecule has 7 nitrogen and oxygen atoms in total. The first-order chi connectivity index (χ1) is 7.18. The van der Waals surface area contributed by atoms with Crippen molar-refractivity contribution < 1.29 is 0 Å². The number of H-pyrrole nitrogens is 1. The molecule has 0 radical (unpaired) electrons. The van der Waals surface area contributed by atoms with Gasteiger partial charge in [-0.15, -0.1) is 10.2 Å². The van der Waals surface area contributed by atoms with Crippen molar-refractivity contribution in [1.82, 2.24) is 30.2 Å². The molecule has 2 aromatic heterocycles. The molecule has 2 aromatic rings. The Hall–Kier alpha value is -1.28. The lowest BCUT2D eigenvalue weighted by molar-refractivity contribution is 0.695. The van der Waals surface area contributed by atoms with Gasteiger partial charge in [-0.05, 0) is 15.9 Å². The Morgan fingerprint density at radius 3 is 3.07 bits per heavy atom. The maximum absolute atomic E-state index is 11.6. The number of rotatable bonds is 2. The van der Waals surface area contributed by atoms with Crippen LogP contribution in [0.25, 0.3) is 0 Å². The Balaban J connectivity index is 2.38. The van der Waals surface area contributed by atoms with Crippen molar-refractivity contribution in [2.24, 2.45) is 0 Å². The van der Waals surface area contributed by atoms with Gasteiger partial charge in [-0.2, -0.15) is 5.21 Å². The zero-order chi connectivity index (χ0) is 10.8. The van der Waals surface area contributed by atoms with E-state index in [1.54, 1.807) is 0 Å². The van der Waals surface area contributed by atoms with Gasteiger partial charge in [0, 0.05) is 0 Å². The molecule has 78 valence electrons. The fraction of sp³-hybridized carbons (Fsp3) is 0.167. The zero-order valence-electron chi connectivity index (χ0n) is 7.18. The number of hydrogen-bond acceptors (Lipinski definition) is 5. The first-order valence-electron chi connectivity index (χ1n) is 3.81. The Morgan fingerprint density at radius 2 is 2.40 bits per heavy atom. The number of aromatic amines is 1. The first kappa shape index (κ1) is 10.2. The van der Waals surface area contributed by atoms with Crippen LogP contribution in [0.5, 0.6) is 0 Å². The molecule has 1 N–H and O–H groups in total. The second kappa shape index (κ2) is 4.07. The van der Waals surface area contributed by atoms with Crippen LogP contribution in [0.3, 0.4) is 0 Å². The van der Waals surface area contributed by atoms with Crippen LogP contribution in [0.1, 0.15) is 5.82 Å². The van der Waals surface area contributed by atoms with Crippen LogP contribution >= 0.6 is 27.5 Å². The number of hydrogen-bond donors (Lipinski definition) is 1. The maximum atomic E-state index is 11.6. The fourth-order valence-corrected chi connectivity index (χ4v) is 1.41. The van der Waals surface area contributed by atoms with Gasteiger partial charge in [0.25, 0.3) is 5.56 Å². The van der Waals surface area contributed by atoms with Crippen molar-refractivity contribution in [2.45, 2.75) is 6.54 Å². The molecule has 0 saturated heterocycles. The highest BCUT2D eigenvalue weighted by molar-refractivity contribution is 9.10. The van der Waals surface area contributed by atoms with Crippen molar-refractivity contribution in [2.75, 3.05) is 0 Å². The molecule has 0 spiro atoms. The van der Waals surface area contributed by atoms with E-state index in [-0.39, 0.29) is 21.7 Å². The van der Waals surface area contributed by atoms with Gasteiger partial charge in [0.1, 0.15) is 4.47 Å². The lowest BCUT2D eigenvalue weighted by Gasteiger charge is -2.02. The Labute approximate surface area is 96.6 Å². The van der Waals surface area contributed by atoms with E-state index in [2.05, 4.69) is 41.5 Å². The van der Waals surface area contributed by atoms with E-state index in [0.29, 0.717) is 5.82 Å². The maximum Gasteiger partial charge on any atom is 0.269 e. The van der Waals surface area contributed by atoms with Crippen molar-refractivity contribution in [1.29, 1.82) is 0 Å². The topological polar surface area (TPSA) is 89.4 Å². The summed E-state index contributed by atoms with van der Waals surface area (Å²) in [5, 5.41) is 13.2. The first-order valence-corrected chi connectivity index (χ1v) is 4.98. The lowest BCUT2D eigenvalue weighted by atomic mass is 10.5. The van der Waals surface area contributed by atoms with Gasteiger partial charge in [0.15, 0.2) is 11.0 Å². The third kappa shape index (κ3) is 2.05. The molecule has 0 fully saturated rings. The molecule has 15 heavy (non-hydrogen) atoms. The summed E-state index contributed by atoms with van der Waals surface area (Å²) in [6, 6.07) is 0. The second-order valence-corrected chi connectivity index (χ2v) is 3.76. The molecule has 0 aliphatic rings. The van der Waals surface area contributed by atoms with E-state index < -0.39 is 0 Å². The molecule has 2 heterocycles. The van der Waals surface area contributed by atoms with Crippen molar-refractivity contribution in [3.8, 4) is 0 Å². The van der Waals surface area contributed by atoms with Gasteiger partial charge in [0.2, 0.25) is 0 Å². The highest BCUT2D eigenvalue weighted by Crippen LogP contribution is 2.13. The normalized spacial score (nSPS) is 10.5. The minimum atomic E-state index is -0.292. The molecule has 0 aliphatic carbocycles. The molecule has 0 amide bonds. The highest BCUT2D eigenvalue weighted by Gasteiger charge is 2.08. The van der Waals surface area contributed by atoms with Crippen LogP contribution in [-0.4, -0.2) is 30.2 Å². The van der Waals surface area contributed by atoms with Crippen molar-refractivity contribution in [3.05, 3.63) is 32.1 Å². The molecule has 0 atom stereocenters. The third-order valence-corrected chi connectivity index (χ3v) is 2.87. The van der Waals surface area contributed by atoms with E-state index in [4.69, 9.17) is 11.6 Å². The van der Waals surface area contributed by atoms with Gasteiger partial charge in [-0.1, -0.05) is 16.8 Å². The fourth-order valence-electron chi connectivity index (χ4n) is 0.958. The Morgan fingerprint density at radius 1 is 1.60 bits per heavy atom. The molecule has 0 bridgehead atoms. The number of nitrogens with zero attached hydrogens (tertiary/aromatic N) is 5. The van der Waals surface area contributed by atoms with Crippen LogP contribution in [0, 0.1) is 0 Å². The molecule has 0 unspecified atom stereocenters. The monoisotopic (exact) mass is 290 g/mol. The van der Waals surface area contributed by atoms with Gasteiger partial charge in [-0.3, -0.25) is 9.36 Å². The molecule has 9 heteroatoms. The molecule has 2 rings (SSSR count). The van der Waals surface area contributed by atoms with E-state index in [1.165, 1.54) is 10.9 Å². The summed E-state index contributed by atoms with van der Waals surface area (Å²) in [6.45, 7) is 0.193.